The quantitative estimate of drug-likeness (QED) is 0.460. The van der Waals surface area contributed by atoms with Crippen LogP contribution in [-0.2, 0) is 26.3 Å². The van der Waals surface area contributed by atoms with Crippen molar-refractivity contribution in [2.24, 2.45) is 5.92 Å². The lowest BCUT2D eigenvalue weighted by Gasteiger charge is -2.26. The zero-order valence-corrected chi connectivity index (χ0v) is 21.7. The van der Waals surface area contributed by atoms with Crippen LogP contribution in [0.1, 0.15) is 32.8 Å². The van der Waals surface area contributed by atoms with E-state index in [1.807, 2.05) is 32.8 Å². The summed E-state index contributed by atoms with van der Waals surface area (Å²) in [7, 11) is -0.323. The molecule has 0 spiro atoms. The average Bonchev–Trinajstić information content (AvgIpc) is 2.72. The number of nitrogens with zero attached hydrogens (tertiary/aromatic N) is 2. The lowest BCUT2D eigenvalue weighted by atomic mass is 10.1. The molecule has 8 nitrogen and oxygen atoms in total. The van der Waals surface area contributed by atoms with Crippen LogP contribution in [-0.4, -0.2) is 57.2 Å². The van der Waals surface area contributed by atoms with Crippen molar-refractivity contribution in [3.05, 3.63) is 53.1 Å². The van der Waals surface area contributed by atoms with Gasteiger partial charge in [-0.05, 0) is 62.5 Å². The number of halogens is 1. The first-order valence-corrected chi connectivity index (χ1v) is 12.7. The molecule has 0 saturated heterocycles. The summed E-state index contributed by atoms with van der Waals surface area (Å²) >= 11 is 6.19. The molecular formula is C24H32ClN3O5S. The highest BCUT2D eigenvalue weighted by Crippen LogP contribution is 2.28. The van der Waals surface area contributed by atoms with E-state index < -0.39 is 10.1 Å². The van der Waals surface area contributed by atoms with Crippen molar-refractivity contribution in [1.29, 1.82) is 0 Å². The van der Waals surface area contributed by atoms with Gasteiger partial charge in [-0.15, -0.1) is 0 Å². The van der Waals surface area contributed by atoms with Gasteiger partial charge in [-0.25, -0.2) is 0 Å². The fraction of sp³-hybridized carbons (Fsp3) is 0.417. The topological polar surface area (TPSA) is 96.0 Å². The molecule has 0 aromatic heterocycles. The van der Waals surface area contributed by atoms with Gasteiger partial charge in [0.15, 0.2) is 0 Å². The third kappa shape index (κ3) is 8.62. The Morgan fingerprint density at radius 1 is 1.06 bits per heavy atom. The molecule has 0 radical (unpaired) electrons. The smallest absolute Gasteiger partial charge is 0.339 e. The number of rotatable bonds is 11. The monoisotopic (exact) mass is 509 g/mol. The van der Waals surface area contributed by atoms with Crippen molar-refractivity contribution in [3.8, 4) is 5.75 Å². The number of anilines is 1. The number of carbonyl (C=O) groups is 2. The summed E-state index contributed by atoms with van der Waals surface area (Å²) in [6.45, 7) is 6.59. The van der Waals surface area contributed by atoms with E-state index in [1.54, 1.807) is 11.0 Å². The summed E-state index contributed by atoms with van der Waals surface area (Å²) in [6.07, 6.45) is 0.378. The Morgan fingerprint density at radius 3 is 2.26 bits per heavy atom. The summed E-state index contributed by atoms with van der Waals surface area (Å²) in [5.74, 6) is -0.00416. The Labute approximate surface area is 207 Å². The maximum absolute atomic E-state index is 12.9. The van der Waals surface area contributed by atoms with Crippen LogP contribution in [0.3, 0.4) is 0 Å². The normalized spacial score (nSPS) is 11.5. The van der Waals surface area contributed by atoms with Crippen LogP contribution in [0.5, 0.6) is 5.75 Å². The molecule has 0 aliphatic heterocycles. The molecule has 0 unspecified atom stereocenters. The van der Waals surface area contributed by atoms with E-state index in [9.17, 15) is 18.0 Å². The minimum absolute atomic E-state index is 0.0285. The molecule has 0 aliphatic rings. The fourth-order valence-electron chi connectivity index (χ4n) is 3.12. The van der Waals surface area contributed by atoms with Gasteiger partial charge in [-0.3, -0.25) is 9.59 Å². The number of carbonyl (C=O) groups excluding carboxylic acids is 2. The molecule has 0 atom stereocenters. The Morgan fingerprint density at radius 2 is 1.71 bits per heavy atom. The van der Waals surface area contributed by atoms with Gasteiger partial charge in [0.25, 0.3) is 0 Å². The highest BCUT2D eigenvalue weighted by atomic mass is 35.5. The van der Waals surface area contributed by atoms with Crippen molar-refractivity contribution in [3.63, 3.8) is 0 Å². The van der Waals surface area contributed by atoms with E-state index in [-0.39, 0.29) is 34.9 Å². The lowest BCUT2D eigenvalue weighted by Crippen LogP contribution is -2.36. The summed E-state index contributed by atoms with van der Waals surface area (Å²) < 4.78 is 31.3. The van der Waals surface area contributed by atoms with Gasteiger partial charge in [0, 0.05) is 49.3 Å². The second kappa shape index (κ2) is 12.2. The molecule has 0 fully saturated rings. The van der Waals surface area contributed by atoms with E-state index in [4.69, 9.17) is 15.8 Å². The summed E-state index contributed by atoms with van der Waals surface area (Å²) in [5, 5.41) is 2.99. The van der Waals surface area contributed by atoms with E-state index in [0.717, 1.165) is 0 Å². The van der Waals surface area contributed by atoms with Gasteiger partial charge in [0.2, 0.25) is 11.8 Å². The highest BCUT2D eigenvalue weighted by molar-refractivity contribution is 7.87. The second-order valence-electron chi connectivity index (χ2n) is 8.71. The maximum atomic E-state index is 12.9. The molecule has 2 amide bonds. The molecule has 2 aromatic rings. The molecule has 186 valence electrons. The Hall–Kier alpha value is -2.62. The summed E-state index contributed by atoms with van der Waals surface area (Å²) in [4.78, 5) is 27.6. The fourth-order valence-corrected chi connectivity index (χ4v) is 4.28. The number of benzene rings is 2. The third-order valence-corrected chi connectivity index (χ3v) is 6.28. The average molecular weight is 510 g/mol. The zero-order chi connectivity index (χ0) is 25.5. The van der Waals surface area contributed by atoms with Crippen molar-refractivity contribution < 1.29 is 22.2 Å². The van der Waals surface area contributed by atoms with Crippen LogP contribution in [0.15, 0.2) is 47.4 Å². The first-order chi connectivity index (χ1) is 15.9. The highest BCUT2D eigenvalue weighted by Gasteiger charge is 2.22. The van der Waals surface area contributed by atoms with Crippen LogP contribution < -0.4 is 9.50 Å². The first-order valence-electron chi connectivity index (χ1n) is 10.9. The van der Waals surface area contributed by atoms with E-state index in [1.165, 1.54) is 43.3 Å². The van der Waals surface area contributed by atoms with Crippen molar-refractivity contribution >= 4 is 39.2 Å². The van der Waals surface area contributed by atoms with Crippen molar-refractivity contribution in [2.45, 2.75) is 38.6 Å². The van der Waals surface area contributed by atoms with Gasteiger partial charge >= 0.3 is 10.1 Å². The van der Waals surface area contributed by atoms with Crippen LogP contribution in [0.4, 0.5) is 5.69 Å². The summed E-state index contributed by atoms with van der Waals surface area (Å²) in [5.41, 5.74) is 0.959. The molecule has 0 heterocycles. The van der Waals surface area contributed by atoms with E-state index in [0.29, 0.717) is 35.8 Å². The third-order valence-electron chi connectivity index (χ3n) is 4.80. The Bertz CT molecular complexity index is 1100. The Kier molecular flexibility index (Phi) is 9.90. The first kappa shape index (κ1) is 27.6. The molecule has 0 saturated carbocycles. The van der Waals surface area contributed by atoms with Gasteiger partial charge in [-0.2, -0.15) is 8.42 Å². The number of likely N-dealkylation sites (N-methyl/N-ethyl adjacent to an activating group) is 1. The standard InChI is InChI=1S/C24H32ClN3O5S/c1-17(2)14-24(30)28(13-12-27(4)5)16-19-15-20(25)6-11-23(19)33-34(31,32)22-9-7-21(8-10-22)26-18(3)29/h6-11,15,17H,12-14,16H2,1-5H3,(H,26,29). The minimum atomic E-state index is -4.16. The van der Waals surface area contributed by atoms with Crippen LogP contribution in [0.2, 0.25) is 5.02 Å². The summed E-state index contributed by atoms with van der Waals surface area (Å²) in [6, 6.07) is 10.3. The SMILES string of the molecule is CC(=O)Nc1ccc(S(=O)(=O)Oc2ccc(Cl)cc2CN(CCN(C)C)C(=O)CC(C)C)cc1. The largest absolute Gasteiger partial charge is 0.379 e. The van der Waals surface area contributed by atoms with Crippen LogP contribution in [0, 0.1) is 5.92 Å². The number of amides is 2. The molecule has 2 rings (SSSR count). The molecular weight excluding hydrogens is 478 g/mol. The molecule has 10 heteroatoms. The number of hydrogen-bond donors (Lipinski definition) is 1. The predicted molar refractivity (Wildman–Crippen MR) is 133 cm³/mol. The molecule has 0 aliphatic carbocycles. The molecule has 34 heavy (non-hydrogen) atoms. The maximum Gasteiger partial charge on any atom is 0.339 e. The van der Waals surface area contributed by atoms with Crippen molar-refractivity contribution in [2.75, 3.05) is 32.5 Å². The molecule has 2 aromatic carbocycles. The zero-order valence-electron chi connectivity index (χ0n) is 20.2. The van der Waals surface area contributed by atoms with Crippen LogP contribution in [0.25, 0.3) is 0 Å². The predicted octanol–water partition coefficient (Wildman–Crippen LogP) is 4.00. The second-order valence-corrected chi connectivity index (χ2v) is 10.7. The van der Waals surface area contributed by atoms with Gasteiger partial charge in [0.05, 0.1) is 0 Å². The van der Waals surface area contributed by atoms with Gasteiger partial charge in [-0.1, -0.05) is 25.4 Å². The molecule has 0 bridgehead atoms. The lowest BCUT2D eigenvalue weighted by molar-refractivity contribution is -0.132. The van der Waals surface area contributed by atoms with Gasteiger partial charge in [0.1, 0.15) is 10.6 Å². The van der Waals surface area contributed by atoms with Crippen LogP contribution >= 0.6 is 11.6 Å². The minimum Gasteiger partial charge on any atom is -0.379 e. The van der Waals surface area contributed by atoms with E-state index >= 15 is 0 Å². The van der Waals surface area contributed by atoms with Gasteiger partial charge < -0.3 is 19.3 Å². The van der Waals surface area contributed by atoms with E-state index in [2.05, 4.69) is 5.32 Å². The number of hydrogen-bond acceptors (Lipinski definition) is 6. The number of nitrogens with one attached hydrogen (secondary N) is 1. The van der Waals surface area contributed by atoms with Crippen molar-refractivity contribution in [1.82, 2.24) is 9.80 Å². The molecule has 1 N–H and O–H groups in total. The Balaban J connectivity index is 2.31.